The monoisotopic (exact) mass is 282 g/mol. The molecule has 0 spiro atoms. The minimum atomic E-state index is -1.23. The van der Waals surface area contributed by atoms with Crippen LogP contribution in [-0.4, -0.2) is 22.3 Å². The maximum Gasteiger partial charge on any atom is 1.00 e. The van der Waals surface area contributed by atoms with Crippen LogP contribution in [0.3, 0.4) is 0 Å². The van der Waals surface area contributed by atoms with Crippen molar-refractivity contribution >= 4 is 5.97 Å². The molecule has 0 saturated heterocycles. The van der Waals surface area contributed by atoms with Crippen LogP contribution in [0.2, 0.25) is 0 Å². The van der Waals surface area contributed by atoms with Gasteiger partial charge in [-0.3, -0.25) is 0 Å². The summed E-state index contributed by atoms with van der Waals surface area (Å²) in [4.78, 5) is 9.45. The Morgan fingerprint density at radius 2 is 1.32 bits per heavy atom. The van der Waals surface area contributed by atoms with Gasteiger partial charge in [0.1, 0.15) is 6.10 Å². The smallest absolute Gasteiger partial charge is 0.479 e. The number of unbranched alkanes of at least 4 members (excludes halogenated alkanes) is 9. The van der Waals surface area contributed by atoms with E-state index in [4.69, 9.17) is 10.2 Å². The van der Waals surface area contributed by atoms with Gasteiger partial charge in [0.2, 0.25) is 0 Å². The number of carboxylic acid groups (broad SMARTS) is 1. The van der Waals surface area contributed by atoms with Crippen LogP contribution >= 0.6 is 0 Å². The maximum absolute atomic E-state index is 9.45. The van der Waals surface area contributed by atoms with Crippen LogP contribution < -0.4 is 29.6 Å². The molecule has 0 amide bonds. The molecular weight excluding hydrogens is 251 g/mol. The molecule has 3 nitrogen and oxygen atoms in total. The number of carboxylic acids is 1. The molecule has 0 radical (unpaired) electrons. The van der Waals surface area contributed by atoms with Crippen molar-refractivity contribution in [1.29, 1.82) is 0 Å². The fourth-order valence-corrected chi connectivity index (χ4v) is 1.49. The summed E-state index contributed by atoms with van der Waals surface area (Å²) in [5.74, 6) is -1.19. The summed E-state index contributed by atoms with van der Waals surface area (Å²) in [5.41, 5.74) is 0. The molecule has 0 bridgehead atoms. The molecule has 19 heavy (non-hydrogen) atoms. The summed E-state index contributed by atoms with van der Waals surface area (Å²) < 4.78 is 0. The summed E-state index contributed by atoms with van der Waals surface area (Å²) in [6, 6.07) is 0. The Morgan fingerprint density at radius 1 is 1.00 bits per heavy atom. The average molecular weight is 282 g/mol. The third-order valence-electron chi connectivity index (χ3n) is 2.71. The van der Waals surface area contributed by atoms with Crippen molar-refractivity contribution in [2.45, 2.75) is 84.2 Å². The molecule has 2 N–H and O–H groups in total. The predicted molar refractivity (Wildman–Crippen MR) is 76.5 cm³/mol. The van der Waals surface area contributed by atoms with Gasteiger partial charge in [0.25, 0.3) is 0 Å². The van der Waals surface area contributed by atoms with E-state index >= 15 is 0 Å². The van der Waals surface area contributed by atoms with Gasteiger partial charge in [-0.05, 0) is 6.92 Å². The fourth-order valence-electron chi connectivity index (χ4n) is 1.49. The molecule has 4 heteroatoms. The number of aliphatic hydroxyl groups is 1. The average Bonchev–Trinajstić information content (AvgIpc) is 2.33. The van der Waals surface area contributed by atoms with Gasteiger partial charge in [-0.25, -0.2) is 4.79 Å². The van der Waals surface area contributed by atoms with E-state index in [9.17, 15) is 4.79 Å². The first-order valence-corrected chi connectivity index (χ1v) is 7.26. The molecule has 0 aromatic heterocycles. The molecule has 1 unspecified atom stereocenters. The van der Waals surface area contributed by atoms with E-state index < -0.39 is 12.1 Å². The van der Waals surface area contributed by atoms with Gasteiger partial charge >= 0.3 is 35.5 Å². The number of hydrogen-bond donors (Lipinski definition) is 2. The molecule has 0 fully saturated rings. The Morgan fingerprint density at radius 3 is 1.58 bits per heavy atom. The summed E-state index contributed by atoms with van der Waals surface area (Å²) in [5, 5.41) is 15.8. The summed E-state index contributed by atoms with van der Waals surface area (Å²) in [6.45, 7) is 7.31. The minimum Gasteiger partial charge on any atom is -0.479 e. The first-order chi connectivity index (χ1) is 8.56. The Balaban J connectivity index is -0.000000313. The summed E-state index contributed by atoms with van der Waals surface area (Å²) in [7, 11) is 0. The number of aliphatic hydroxyl groups excluding tert-OH is 1. The van der Waals surface area contributed by atoms with Gasteiger partial charge in [0.15, 0.2) is 0 Å². The van der Waals surface area contributed by atoms with Crippen molar-refractivity contribution in [3.63, 3.8) is 0 Å². The van der Waals surface area contributed by atoms with Crippen molar-refractivity contribution in [2.75, 3.05) is 0 Å². The van der Waals surface area contributed by atoms with Crippen molar-refractivity contribution in [3.05, 3.63) is 6.92 Å². The van der Waals surface area contributed by atoms with Gasteiger partial charge in [0.05, 0.1) is 0 Å². The number of hydrogen-bond acceptors (Lipinski definition) is 2. The van der Waals surface area contributed by atoms with Crippen LogP contribution in [0.4, 0.5) is 0 Å². The number of carbonyl (C=O) groups is 1. The SMILES string of the molecule is CC(O)C(=O)O.[CH2-]CCCCCCCCCCC.[Na+]. The molecule has 1 atom stereocenters. The molecule has 0 aromatic rings. The topological polar surface area (TPSA) is 57.5 Å². The summed E-state index contributed by atoms with van der Waals surface area (Å²) in [6.07, 6.45) is 12.7. The Bertz CT molecular complexity index is 163. The molecule has 0 aliphatic heterocycles. The van der Waals surface area contributed by atoms with Gasteiger partial charge in [0, 0.05) is 0 Å². The molecule has 0 rings (SSSR count). The van der Waals surface area contributed by atoms with Gasteiger partial charge in [-0.2, -0.15) is 6.42 Å². The second kappa shape index (κ2) is 20.7. The van der Waals surface area contributed by atoms with E-state index in [1.165, 1.54) is 64.7 Å². The van der Waals surface area contributed by atoms with Gasteiger partial charge < -0.3 is 17.1 Å². The molecule has 0 aromatic carbocycles. The number of rotatable bonds is 10. The quantitative estimate of drug-likeness (QED) is 0.359. The van der Waals surface area contributed by atoms with E-state index in [1.54, 1.807) is 0 Å². The first-order valence-electron chi connectivity index (χ1n) is 7.26. The molecule has 0 saturated carbocycles. The zero-order valence-electron chi connectivity index (χ0n) is 13.2. The first kappa shape index (κ1) is 24.4. The maximum atomic E-state index is 9.45. The third kappa shape index (κ3) is 27.6. The zero-order valence-corrected chi connectivity index (χ0v) is 15.2. The zero-order chi connectivity index (χ0) is 14.2. The molecule has 0 aliphatic carbocycles. The van der Waals surface area contributed by atoms with Gasteiger partial charge in [-0.1, -0.05) is 64.7 Å². The largest absolute Gasteiger partial charge is 1.00 e. The second-order valence-electron chi connectivity index (χ2n) is 4.70. The van der Waals surface area contributed by atoms with Crippen LogP contribution in [0.15, 0.2) is 0 Å². The minimum absolute atomic E-state index is 0. The Kier molecular flexibility index (Phi) is 26.7. The van der Waals surface area contributed by atoms with Crippen LogP contribution in [0.25, 0.3) is 0 Å². The van der Waals surface area contributed by atoms with Crippen molar-refractivity contribution in [2.24, 2.45) is 0 Å². The van der Waals surface area contributed by atoms with Crippen LogP contribution in [0, 0.1) is 6.92 Å². The normalized spacial score (nSPS) is 10.9. The van der Waals surface area contributed by atoms with Crippen LogP contribution in [0.1, 0.15) is 78.1 Å². The van der Waals surface area contributed by atoms with E-state index in [2.05, 4.69) is 13.8 Å². The van der Waals surface area contributed by atoms with E-state index in [0.717, 1.165) is 6.42 Å². The van der Waals surface area contributed by atoms with E-state index in [-0.39, 0.29) is 29.6 Å². The molecule has 110 valence electrons. The molecule has 0 aliphatic rings. The Labute approximate surface area is 141 Å². The Hall–Kier alpha value is 0.430. The van der Waals surface area contributed by atoms with Crippen molar-refractivity contribution in [3.8, 4) is 0 Å². The van der Waals surface area contributed by atoms with Gasteiger partial charge in [-0.15, -0.1) is 0 Å². The molecular formula is C15H31NaO3. The van der Waals surface area contributed by atoms with E-state index in [1.807, 2.05) is 0 Å². The molecule has 0 heterocycles. The fraction of sp³-hybridized carbons (Fsp3) is 0.867. The van der Waals surface area contributed by atoms with Crippen molar-refractivity contribution < 1.29 is 44.6 Å². The van der Waals surface area contributed by atoms with Crippen LogP contribution in [-0.2, 0) is 4.79 Å². The standard InChI is InChI=1S/C12H25.C3H6O3.Na/c1-3-5-7-9-11-12-10-8-6-4-2;1-2(4)3(5)6;/h1,3-12H2,2H3;2,4H,1H3,(H,5,6);/q-1;;+1. The summed E-state index contributed by atoms with van der Waals surface area (Å²) >= 11 is 0. The number of aliphatic carboxylic acids is 1. The predicted octanol–water partition coefficient (Wildman–Crippen LogP) is 1.20. The second-order valence-corrected chi connectivity index (χ2v) is 4.70. The third-order valence-corrected chi connectivity index (χ3v) is 2.71. The van der Waals surface area contributed by atoms with E-state index in [0.29, 0.717) is 0 Å². The van der Waals surface area contributed by atoms with Crippen molar-refractivity contribution in [1.82, 2.24) is 0 Å². The van der Waals surface area contributed by atoms with Crippen LogP contribution in [0.5, 0.6) is 0 Å².